The molecule has 118 valence electrons. The first-order valence-electron chi connectivity index (χ1n) is 8.15. The van der Waals surface area contributed by atoms with Crippen LogP contribution in [-0.2, 0) is 9.47 Å². The molecule has 0 unspecified atom stereocenters. The minimum atomic E-state index is 0.327. The summed E-state index contributed by atoms with van der Waals surface area (Å²) in [6.07, 6.45) is 8.32. The molecule has 1 saturated carbocycles. The summed E-state index contributed by atoms with van der Waals surface area (Å²) in [7, 11) is 0. The second kappa shape index (κ2) is 6.19. The number of imidazole rings is 1. The smallest absolute Gasteiger partial charge is 0.0960 e. The van der Waals surface area contributed by atoms with E-state index in [0.29, 0.717) is 18.2 Å². The number of rotatable bonds is 4. The van der Waals surface area contributed by atoms with E-state index in [0.717, 1.165) is 48.5 Å². The van der Waals surface area contributed by atoms with Crippen LogP contribution in [0.4, 0.5) is 0 Å². The second-order valence-electron chi connectivity index (χ2n) is 6.34. The molecule has 1 aliphatic carbocycles. The maximum atomic E-state index is 6.14. The van der Waals surface area contributed by atoms with E-state index >= 15 is 0 Å². The van der Waals surface area contributed by atoms with Gasteiger partial charge in [0.05, 0.1) is 36.2 Å². The van der Waals surface area contributed by atoms with Crippen LogP contribution in [0.1, 0.15) is 38.1 Å². The van der Waals surface area contributed by atoms with Crippen LogP contribution in [0, 0.1) is 0 Å². The van der Waals surface area contributed by atoms with Gasteiger partial charge in [-0.1, -0.05) is 11.6 Å². The molecular formula is C17H21ClN2O2. The van der Waals surface area contributed by atoms with Gasteiger partial charge in [0.2, 0.25) is 0 Å². The van der Waals surface area contributed by atoms with E-state index in [1.54, 1.807) is 0 Å². The van der Waals surface area contributed by atoms with Crippen molar-refractivity contribution in [2.45, 2.75) is 50.4 Å². The van der Waals surface area contributed by atoms with E-state index in [-0.39, 0.29) is 0 Å². The van der Waals surface area contributed by atoms with Gasteiger partial charge >= 0.3 is 0 Å². The average Bonchev–Trinajstić information content (AvgIpc) is 2.89. The van der Waals surface area contributed by atoms with Gasteiger partial charge in [-0.25, -0.2) is 4.98 Å². The fourth-order valence-corrected chi connectivity index (χ4v) is 3.64. The Hall–Kier alpha value is -1.10. The normalized spacial score (nSPS) is 28.7. The molecule has 0 amide bonds. The van der Waals surface area contributed by atoms with Crippen molar-refractivity contribution in [1.82, 2.24) is 9.55 Å². The highest BCUT2D eigenvalue weighted by atomic mass is 35.5. The number of nitrogens with zero attached hydrogens (tertiary/aromatic N) is 2. The largest absolute Gasteiger partial charge is 0.376 e. The summed E-state index contributed by atoms with van der Waals surface area (Å²) in [5, 5.41) is 0.764. The lowest BCUT2D eigenvalue weighted by molar-refractivity contribution is -0.115. The molecule has 4 rings (SSSR count). The van der Waals surface area contributed by atoms with Crippen molar-refractivity contribution in [3.63, 3.8) is 0 Å². The van der Waals surface area contributed by atoms with Crippen molar-refractivity contribution >= 4 is 22.6 Å². The molecule has 2 heterocycles. The summed E-state index contributed by atoms with van der Waals surface area (Å²) >= 11 is 6.14. The van der Waals surface area contributed by atoms with E-state index in [9.17, 15) is 0 Å². The zero-order valence-electron chi connectivity index (χ0n) is 12.6. The van der Waals surface area contributed by atoms with Gasteiger partial charge in [0, 0.05) is 17.7 Å². The molecule has 3 atom stereocenters. The maximum Gasteiger partial charge on any atom is 0.0960 e. The van der Waals surface area contributed by atoms with Crippen LogP contribution in [0.5, 0.6) is 0 Å². The molecule has 1 saturated heterocycles. The average molecular weight is 321 g/mol. The standard InChI is InChI=1S/C17H21ClN2O2/c18-12-4-5-16-17(8-12)20(11-19-16)13-2-1-3-14(9-13)22-10-15-6-7-21-15/h4-5,8,11,13-15H,1-3,6-7,9-10H2/t13-,14+,15+/m1/s1. The molecule has 2 fully saturated rings. The fraction of sp³-hybridized carbons (Fsp3) is 0.588. The lowest BCUT2D eigenvalue weighted by Crippen LogP contribution is -2.34. The number of aromatic nitrogens is 2. The van der Waals surface area contributed by atoms with Gasteiger partial charge < -0.3 is 14.0 Å². The number of ether oxygens (including phenoxy) is 2. The molecule has 4 nitrogen and oxygen atoms in total. The molecular weight excluding hydrogens is 300 g/mol. The summed E-state index contributed by atoms with van der Waals surface area (Å²) in [6, 6.07) is 6.34. The quantitative estimate of drug-likeness (QED) is 0.855. The zero-order valence-corrected chi connectivity index (χ0v) is 13.3. The van der Waals surface area contributed by atoms with Crippen molar-refractivity contribution in [3.05, 3.63) is 29.5 Å². The second-order valence-corrected chi connectivity index (χ2v) is 6.78. The number of hydrogen-bond donors (Lipinski definition) is 0. The molecule has 5 heteroatoms. The molecule has 1 aromatic heterocycles. The minimum absolute atomic E-state index is 0.327. The van der Waals surface area contributed by atoms with E-state index in [1.165, 1.54) is 12.8 Å². The van der Waals surface area contributed by atoms with E-state index in [2.05, 4.69) is 9.55 Å². The Kier molecular flexibility index (Phi) is 4.07. The molecule has 0 spiro atoms. The Morgan fingerprint density at radius 3 is 3.05 bits per heavy atom. The van der Waals surface area contributed by atoms with Gasteiger partial charge in [-0.05, 0) is 50.3 Å². The van der Waals surface area contributed by atoms with Gasteiger partial charge in [0.25, 0.3) is 0 Å². The third-order valence-corrected chi connectivity index (χ3v) is 5.07. The topological polar surface area (TPSA) is 36.3 Å². The fourth-order valence-electron chi connectivity index (χ4n) is 3.47. The van der Waals surface area contributed by atoms with E-state index in [1.807, 2.05) is 24.5 Å². The highest BCUT2D eigenvalue weighted by Gasteiger charge is 2.27. The summed E-state index contributed by atoms with van der Waals surface area (Å²) in [4.78, 5) is 4.50. The van der Waals surface area contributed by atoms with Gasteiger partial charge in [0.15, 0.2) is 0 Å². The van der Waals surface area contributed by atoms with Crippen LogP contribution >= 0.6 is 11.6 Å². The third-order valence-electron chi connectivity index (χ3n) is 4.84. The van der Waals surface area contributed by atoms with Crippen LogP contribution in [0.2, 0.25) is 5.02 Å². The van der Waals surface area contributed by atoms with Crippen molar-refractivity contribution in [3.8, 4) is 0 Å². The SMILES string of the molecule is Clc1ccc2ncn([C@@H]3CCC[C@H](OC[C@@H]4CCO4)C3)c2c1. The molecule has 1 aromatic carbocycles. The molecule has 2 aliphatic rings. The van der Waals surface area contributed by atoms with Gasteiger partial charge in [-0.3, -0.25) is 0 Å². The van der Waals surface area contributed by atoms with Crippen LogP contribution in [0.15, 0.2) is 24.5 Å². The zero-order chi connectivity index (χ0) is 14.9. The number of fused-ring (bicyclic) bond motifs is 1. The monoisotopic (exact) mass is 320 g/mol. The lowest BCUT2D eigenvalue weighted by atomic mass is 9.92. The Morgan fingerprint density at radius 2 is 2.23 bits per heavy atom. The lowest BCUT2D eigenvalue weighted by Gasteiger charge is -2.33. The highest BCUT2D eigenvalue weighted by molar-refractivity contribution is 6.31. The first-order valence-corrected chi connectivity index (χ1v) is 8.53. The van der Waals surface area contributed by atoms with Crippen molar-refractivity contribution in [1.29, 1.82) is 0 Å². The minimum Gasteiger partial charge on any atom is -0.376 e. The third kappa shape index (κ3) is 2.87. The number of halogens is 1. The number of benzene rings is 1. The Labute approximate surface area is 135 Å². The summed E-state index contributed by atoms with van der Waals surface area (Å²) in [5.41, 5.74) is 2.13. The van der Waals surface area contributed by atoms with Crippen LogP contribution in [-0.4, -0.2) is 35.0 Å². The molecule has 0 radical (unpaired) electrons. The Bertz CT molecular complexity index is 653. The first kappa shape index (κ1) is 14.5. The van der Waals surface area contributed by atoms with E-state index < -0.39 is 0 Å². The highest BCUT2D eigenvalue weighted by Crippen LogP contribution is 2.33. The molecule has 1 aliphatic heterocycles. The van der Waals surface area contributed by atoms with Gasteiger partial charge in [-0.15, -0.1) is 0 Å². The van der Waals surface area contributed by atoms with Gasteiger partial charge in [-0.2, -0.15) is 0 Å². The summed E-state index contributed by atoms with van der Waals surface area (Å²) in [5.74, 6) is 0. The molecule has 22 heavy (non-hydrogen) atoms. The van der Waals surface area contributed by atoms with Crippen LogP contribution < -0.4 is 0 Å². The summed E-state index contributed by atoms with van der Waals surface area (Å²) < 4.78 is 13.8. The van der Waals surface area contributed by atoms with Gasteiger partial charge in [0.1, 0.15) is 0 Å². The van der Waals surface area contributed by atoms with Crippen LogP contribution in [0.3, 0.4) is 0 Å². The first-order chi connectivity index (χ1) is 10.8. The van der Waals surface area contributed by atoms with E-state index in [4.69, 9.17) is 21.1 Å². The summed E-state index contributed by atoms with van der Waals surface area (Å²) in [6.45, 7) is 1.64. The number of hydrogen-bond acceptors (Lipinski definition) is 3. The molecule has 0 N–H and O–H groups in total. The van der Waals surface area contributed by atoms with Crippen molar-refractivity contribution < 1.29 is 9.47 Å². The van der Waals surface area contributed by atoms with Crippen LogP contribution in [0.25, 0.3) is 11.0 Å². The Morgan fingerprint density at radius 1 is 1.32 bits per heavy atom. The van der Waals surface area contributed by atoms with Crippen molar-refractivity contribution in [2.75, 3.05) is 13.2 Å². The molecule has 2 aromatic rings. The molecule has 0 bridgehead atoms. The predicted octanol–water partition coefficient (Wildman–Crippen LogP) is 3.98. The van der Waals surface area contributed by atoms with Crippen molar-refractivity contribution in [2.24, 2.45) is 0 Å². The maximum absolute atomic E-state index is 6.14. The Balaban J connectivity index is 1.47. The predicted molar refractivity (Wildman–Crippen MR) is 86.3 cm³/mol.